The van der Waals surface area contributed by atoms with E-state index in [1.165, 1.54) is 0 Å². The second-order valence-corrected chi connectivity index (χ2v) is 5.21. The molecule has 4 heteroatoms. The van der Waals surface area contributed by atoms with Gasteiger partial charge >= 0.3 is 0 Å². The van der Waals surface area contributed by atoms with E-state index in [1.807, 2.05) is 31.4 Å². The maximum Gasteiger partial charge on any atom is 0.253 e. The Labute approximate surface area is 114 Å². The molecular weight excluding hydrogens is 244 g/mol. The van der Waals surface area contributed by atoms with Crippen LogP contribution in [0.15, 0.2) is 18.2 Å². The van der Waals surface area contributed by atoms with E-state index in [2.05, 4.69) is 17.6 Å². The average molecular weight is 266 g/mol. The minimum absolute atomic E-state index is 0.00246. The topological polar surface area (TPSA) is 41.1 Å². The van der Waals surface area contributed by atoms with Crippen molar-refractivity contribution in [1.82, 2.24) is 5.32 Å². The molecule has 0 saturated heterocycles. The number of amides is 1. The average Bonchev–Trinajstić information content (AvgIpc) is 2.36. The van der Waals surface area contributed by atoms with E-state index in [-0.39, 0.29) is 5.91 Å². The molecule has 0 aliphatic heterocycles. The lowest BCUT2D eigenvalue weighted by molar-refractivity contribution is 0.0957. The number of anilines is 1. The van der Waals surface area contributed by atoms with Crippen LogP contribution in [0.3, 0.4) is 0 Å². The molecule has 0 aliphatic rings. The van der Waals surface area contributed by atoms with Gasteiger partial charge in [0.05, 0.1) is 5.56 Å². The van der Waals surface area contributed by atoms with Crippen LogP contribution >= 0.6 is 11.8 Å². The van der Waals surface area contributed by atoms with Crippen molar-refractivity contribution < 1.29 is 4.79 Å². The molecule has 0 saturated carbocycles. The zero-order chi connectivity index (χ0) is 13.4. The van der Waals surface area contributed by atoms with Gasteiger partial charge in [-0.05, 0) is 37.3 Å². The molecular formula is C14H22N2OS. The molecule has 100 valence electrons. The first-order valence-corrected chi connectivity index (χ1v) is 7.70. The molecule has 1 rings (SSSR count). The monoisotopic (exact) mass is 266 g/mol. The lowest BCUT2D eigenvalue weighted by Gasteiger charge is -2.12. The number of hydrogen-bond acceptors (Lipinski definition) is 3. The SMILES string of the molecule is CCCNc1cc(C)ccc1C(=O)NCCSC. The van der Waals surface area contributed by atoms with Crippen LogP contribution in [0.25, 0.3) is 0 Å². The Morgan fingerprint density at radius 1 is 1.33 bits per heavy atom. The Morgan fingerprint density at radius 3 is 2.78 bits per heavy atom. The first kappa shape index (κ1) is 14.9. The van der Waals surface area contributed by atoms with E-state index in [1.54, 1.807) is 11.8 Å². The summed E-state index contributed by atoms with van der Waals surface area (Å²) in [6.45, 7) is 5.74. The third-order valence-corrected chi connectivity index (χ3v) is 3.19. The molecule has 0 aromatic heterocycles. The van der Waals surface area contributed by atoms with Crippen molar-refractivity contribution in [2.24, 2.45) is 0 Å². The van der Waals surface area contributed by atoms with Gasteiger partial charge in [0.2, 0.25) is 0 Å². The second kappa shape index (κ2) is 8.03. The highest BCUT2D eigenvalue weighted by Crippen LogP contribution is 2.17. The third kappa shape index (κ3) is 4.61. The standard InChI is InChI=1S/C14H22N2OS/c1-4-7-15-13-10-11(2)5-6-12(13)14(17)16-8-9-18-3/h5-6,10,15H,4,7-9H2,1-3H3,(H,16,17). The van der Waals surface area contributed by atoms with Crippen molar-refractivity contribution in [2.45, 2.75) is 20.3 Å². The number of hydrogen-bond donors (Lipinski definition) is 2. The maximum absolute atomic E-state index is 12.1. The van der Waals surface area contributed by atoms with Crippen LogP contribution in [0.4, 0.5) is 5.69 Å². The molecule has 2 N–H and O–H groups in total. The number of nitrogens with one attached hydrogen (secondary N) is 2. The summed E-state index contributed by atoms with van der Waals surface area (Å²) in [5.41, 5.74) is 2.82. The highest BCUT2D eigenvalue weighted by atomic mass is 32.2. The summed E-state index contributed by atoms with van der Waals surface area (Å²) in [5, 5.41) is 6.25. The smallest absolute Gasteiger partial charge is 0.253 e. The van der Waals surface area contributed by atoms with Crippen molar-refractivity contribution >= 4 is 23.4 Å². The van der Waals surface area contributed by atoms with Gasteiger partial charge in [0.1, 0.15) is 0 Å². The summed E-state index contributed by atoms with van der Waals surface area (Å²) in [6.07, 6.45) is 3.08. The van der Waals surface area contributed by atoms with Gasteiger partial charge < -0.3 is 10.6 Å². The van der Waals surface area contributed by atoms with E-state index in [0.717, 1.165) is 35.5 Å². The van der Waals surface area contributed by atoms with E-state index < -0.39 is 0 Å². The first-order valence-electron chi connectivity index (χ1n) is 6.30. The van der Waals surface area contributed by atoms with Gasteiger partial charge in [-0.3, -0.25) is 4.79 Å². The van der Waals surface area contributed by atoms with E-state index in [4.69, 9.17) is 0 Å². The van der Waals surface area contributed by atoms with Crippen LogP contribution in [0.2, 0.25) is 0 Å². The van der Waals surface area contributed by atoms with Crippen LogP contribution in [0.5, 0.6) is 0 Å². The molecule has 0 bridgehead atoms. The van der Waals surface area contributed by atoms with Crippen molar-refractivity contribution in [3.8, 4) is 0 Å². The number of carbonyl (C=O) groups excluding carboxylic acids is 1. The molecule has 0 radical (unpaired) electrons. The van der Waals surface area contributed by atoms with Gasteiger partial charge in [-0.1, -0.05) is 13.0 Å². The van der Waals surface area contributed by atoms with E-state index >= 15 is 0 Å². The Hall–Kier alpha value is -1.16. The molecule has 1 aromatic carbocycles. The van der Waals surface area contributed by atoms with Crippen LogP contribution in [0.1, 0.15) is 29.3 Å². The minimum atomic E-state index is 0.00246. The van der Waals surface area contributed by atoms with Crippen LogP contribution < -0.4 is 10.6 Å². The zero-order valence-corrected chi connectivity index (χ0v) is 12.2. The predicted molar refractivity (Wildman–Crippen MR) is 80.7 cm³/mol. The van der Waals surface area contributed by atoms with Gasteiger partial charge in [0, 0.05) is 24.5 Å². The first-order chi connectivity index (χ1) is 8.69. The molecule has 0 unspecified atom stereocenters. The molecule has 0 atom stereocenters. The van der Waals surface area contributed by atoms with Crippen LogP contribution in [-0.4, -0.2) is 31.0 Å². The Bertz CT molecular complexity index is 393. The Morgan fingerprint density at radius 2 is 2.11 bits per heavy atom. The fourth-order valence-electron chi connectivity index (χ4n) is 1.62. The quantitative estimate of drug-likeness (QED) is 0.746. The molecule has 3 nitrogen and oxygen atoms in total. The molecule has 1 aromatic rings. The number of rotatable bonds is 7. The highest BCUT2D eigenvalue weighted by Gasteiger charge is 2.10. The fourth-order valence-corrected chi connectivity index (χ4v) is 1.93. The number of aryl methyl sites for hydroxylation is 1. The zero-order valence-electron chi connectivity index (χ0n) is 11.4. The number of benzene rings is 1. The van der Waals surface area contributed by atoms with Gasteiger partial charge in [-0.2, -0.15) is 11.8 Å². The largest absolute Gasteiger partial charge is 0.384 e. The summed E-state index contributed by atoms with van der Waals surface area (Å²) in [4.78, 5) is 12.1. The lowest BCUT2D eigenvalue weighted by atomic mass is 10.1. The third-order valence-electron chi connectivity index (χ3n) is 2.58. The maximum atomic E-state index is 12.1. The minimum Gasteiger partial charge on any atom is -0.384 e. The van der Waals surface area contributed by atoms with E-state index in [0.29, 0.717) is 6.54 Å². The summed E-state index contributed by atoms with van der Waals surface area (Å²) >= 11 is 1.73. The lowest BCUT2D eigenvalue weighted by Crippen LogP contribution is -2.26. The summed E-state index contributed by atoms with van der Waals surface area (Å²) in [7, 11) is 0. The normalized spacial score (nSPS) is 10.2. The molecule has 0 aliphatic carbocycles. The molecule has 18 heavy (non-hydrogen) atoms. The van der Waals surface area contributed by atoms with Crippen molar-refractivity contribution in [2.75, 3.05) is 30.4 Å². The summed E-state index contributed by atoms with van der Waals surface area (Å²) in [6, 6.07) is 5.89. The van der Waals surface area contributed by atoms with Crippen molar-refractivity contribution in [3.63, 3.8) is 0 Å². The Balaban J connectivity index is 2.75. The molecule has 0 heterocycles. The molecule has 0 spiro atoms. The fraction of sp³-hybridized carbons (Fsp3) is 0.500. The van der Waals surface area contributed by atoms with Crippen molar-refractivity contribution in [3.05, 3.63) is 29.3 Å². The van der Waals surface area contributed by atoms with Gasteiger partial charge in [0.25, 0.3) is 5.91 Å². The number of thioether (sulfide) groups is 1. The summed E-state index contributed by atoms with van der Waals surface area (Å²) in [5.74, 6) is 0.942. The van der Waals surface area contributed by atoms with Gasteiger partial charge in [0.15, 0.2) is 0 Å². The number of carbonyl (C=O) groups is 1. The predicted octanol–water partition coefficient (Wildman–Crippen LogP) is 2.91. The van der Waals surface area contributed by atoms with Gasteiger partial charge in [-0.25, -0.2) is 0 Å². The molecule has 0 fully saturated rings. The van der Waals surface area contributed by atoms with Crippen LogP contribution in [0, 0.1) is 6.92 Å². The molecule has 1 amide bonds. The van der Waals surface area contributed by atoms with E-state index in [9.17, 15) is 4.79 Å². The Kier molecular flexibility index (Phi) is 6.65. The highest BCUT2D eigenvalue weighted by molar-refractivity contribution is 7.98. The second-order valence-electron chi connectivity index (χ2n) is 4.22. The summed E-state index contributed by atoms with van der Waals surface area (Å²) < 4.78 is 0. The van der Waals surface area contributed by atoms with Crippen LogP contribution in [-0.2, 0) is 0 Å². The van der Waals surface area contributed by atoms with Crippen molar-refractivity contribution in [1.29, 1.82) is 0 Å². The van der Waals surface area contributed by atoms with Gasteiger partial charge in [-0.15, -0.1) is 0 Å².